The van der Waals surface area contributed by atoms with E-state index in [1.807, 2.05) is 25.3 Å². The van der Waals surface area contributed by atoms with Gasteiger partial charge in [-0.1, -0.05) is 0 Å². The van der Waals surface area contributed by atoms with E-state index in [9.17, 15) is 4.55 Å². The van der Waals surface area contributed by atoms with Gasteiger partial charge in [0.05, 0.1) is 17.1 Å². The summed E-state index contributed by atoms with van der Waals surface area (Å²) in [5.74, 6) is 0. The molecule has 0 aromatic carbocycles. The van der Waals surface area contributed by atoms with Gasteiger partial charge >= 0.3 is 5.16 Å². The standard InChI is InChI=1S/C12H11N5OS/c1-8-7-11-14-10(4-6-17(11)16-8)9-3-5-13-12(15-9)19(2)18/h3-7H,1-2H3. The SMILES string of the molecule is Cc1cc2nc(-c3ccnc([S+](C)[O-])n3)ccn2n1. The molecule has 1 atom stereocenters. The van der Waals surface area contributed by atoms with Crippen molar-refractivity contribution in [2.75, 3.05) is 6.26 Å². The molecule has 0 saturated heterocycles. The van der Waals surface area contributed by atoms with Crippen molar-refractivity contribution in [1.82, 2.24) is 24.6 Å². The smallest absolute Gasteiger partial charge is 0.343 e. The van der Waals surface area contributed by atoms with Crippen molar-refractivity contribution in [3.05, 3.63) is 36.3 Å². The van der Waals surface area contributed by atoms with E-state index < -0.39 is 11.2 Å². The van der Waals surface area contributed by atoms with Crippen LogP contribution in [0.25, 0.3) is 17.0 Å². The largest absolute Gasteiger partial charge is 0.609 e. The third-order valence-corrected chi connectivity index (χ3v) is 3.31. The third kappa shape index (κ3) is 2.29. The van der Waals surface area contributed by atoms with Crippen LogP contribution in [0.2, 0.25) is 0 Å². The predicted molar refractivity (Wildman–Crippen MR) is 71.1 cm³/mol. The quantitative estimate of drug-likeness (QED) is 0.518. The van der Waals surface area contributed by atoms with Crippen LogP contribution in [0.5, 0.6) is 0 Å². The van der Waals surface area contributed by atoms with Gasteiger partial charge in [0.15, 0.2) is 5.65 Å². The summed E-state index contributed by atoms with van der Waals surface area (Å²) >= 11 is -1.20. The molecule has 7 heteroatoms. The minimum Gasteiger partial charge on any atom is -0.609 e. The van der Waals surface area contributed by atoms with Crippen LogP contribution >= 0.6 is 0 Å². The molecular formula is C12H11N5OS. The Hall–Kier alpha value is -1.99. The third-order valence-electron chi connectivity index (χ3n) is 2.60. The van der Waals surface area contributed by atoms with Crippen LogP contribution in [0.15, 0.2) is 35.7 Å². The molecule has 0 aliphatic carbocycles. The summed E-state index contributed by atoms with van der Waals surface area (Å²) in [7, 11) is 0. The molecular weight excluding hydrogens is 262 g/mol. The van der Waals surface area contributed by atoms with Crippen molar-refractivity contribution >= 4 is 16.8 Å². The van der Waals surface area contributed by atoms with E-state index in [0.717, 1.165) is 11.3 Å². The second-order valence-corrected chi connectivity index (χ2v) is 5.35. The van der Waals surface area contributed by atoms with Crippen LogP contribution in [0, 0.1) is 6.92 Å². The normalized spacial score (nSPS) is 12.8. The van der Waals surface area contributed by atoms with Crippen LogP contribution in [-0.2, 0) is 11.2 Å². The molecule has 0 N–H and O–H groups in total. The highest BCUT2D eigenvalue weighted by Crippen LogP contribution is 2.16. The zero-order valence-electron chi connectivity index (χ0n) is 10.4. The maximum Gasteiger partial charge on any atom is 0.343 e. The molecule has 96 valence electrons. The maximum absolute atomic E-state index is 11.4. The van der Waals surface area contributed by atoms with Crippen LogP contribution in [-0.4, -0.2) is 35.4 Å². The molecule has 0 spiro atoms. The molecule has 0 bridgehead atoms. The number of aromatic nitrogens is 5. The fourth-order valence-corrected chi connectivity index (χ4v) is 2.20. The lowest BCUT2D eigenvalue weighted by atomic mass is 10.3. The Morgan fingerprint density at radius 3 is 2.79 bits per heavy atom. The van der Waals surface area contributed by atoms with Crippen molar-refractivity contribution in [3.8, 4) is 11.4 Å². The topological polar surface area (TPSA) is 79.0 Å². The molecule has 0 amide bonds. The fraction of sp³-hybridized carbons (Fsp3) is 0.167. The predicted octanol–water partition coefficient (Wildman–Crippen LogP) is 1.23. The molecule has 3 aromatic heterocycles. The van der Waals surface area contributed by atoms with Crippen LogP contribution in [0.3, 0.4) is 0 Å². The summed E-state index contributed by atoms with van der Waals surface area (Å²) < 4.78 is 13.1. The molecule has 6 nitrogen and oxygen atoms in total. The summed E-state index contributed by atoms with van der Waals surface area (Å²) in [5.41, 5.74) is 3.03. The first kappa shape index (κ1) is 12.1. The molecule has 3 heterocycles. The number of nitrogens with zero attached hydrogens (tertiary/aromatic N) is 5. The number of fused-ring (bicyclic) bond motifs is 1. The average molecular weight is 273 g/mol. The molecule has 0 fully saturated rings. The Kier molecular flexibility index (Phi) is 2.92. The van der Waals surface area contributed by atoms with Gasteiger partial charge in [0, 0.05) is 29.6 Å². The molecule has 0 radical (unpaired) electrons. The Labute approximate surface area is 112 Å². The second kappa shape index (κ2) is 4.60. The monoisotopic (exact) mass is 273 g/mol. The Bertz CT molecular complexity index is 740. The van der Waals surface area contributed by atoms with Gasteiger partial charge in [-0.3, -0.25) is 0 Å². The van der Waals surface area contributed by atoms with Crippen LogP contribution < -0.4 is 0 Å². The first-order valence-corrected chi connectivity index (χ1v) is 7.19. The number of rotatable bonds is 2. The summed E-state index contributed by atoms with van der Waals surface area (Å²) in [6, 6.07) is 5.46. The van der Waals surface area contributed by atoms with Crippen LogP contribution in [0.4, 0.5) is 0 Å². The zero-order chi connectivity index (χ0) is 13.4. The first-order valence-electron chi connectivity index (χ1n) is 5.63. The van der Waals surface area contributed by atoms with Gasteiger partial charge < -0.3 is 4.55 Å². The highest BCUT2D eigenvalue weighted by atomic mass is 32.2. The molecule has 0 saturated carbocycles. The summed E-state index contributed by atoms with van der Waals surface area (Å²) in [5, 5.41) is 4.58. The van der Waals surface area contributed by atoms with Gasteiger partial charge in [0.2, 0.25) is 0 Å². The summed E-state index contributed by atoms with van der Waals surface area (Å²) in [6.45, 7) is 1.91. The summed E-state index contributed by atoms with van der Waals surface area (Å²) in [6.07, 6.45) is 4.97. The van der Waals surface area contributed by atoms with E-state index in [1.54, 1.807) is 23.0 Å². The molecule has 3 aromatic rings. The van der Waals surface area contributed by atoms with Gasteiger partial charge in [0.1, 0.15) is 6.26 Å². The van der Waals surface area contributed by atoms with E-state index in [-0.39, 0.29) is 0 Å². The minimum absolute atomic E-state index is 0.309. The van der Waals surface area contributed by atoms with E-state index in [2.05, 4.69) is 20.1 Å². The molecule has 0 aliphatic rings. The van der Waals surface area contributed by atoms with Crippen molar-refractivity contribution in [1.29, 1.82) is 0 Å². The zero-order valence-corrected chi connectivity index (χ0v) is 11.3. The highest BCUT2D eigenvalue weighted by Gasteiger charge is 2.11. The van der Waals surface area contributed by atoms with Crippen molar-refractivity contribution in [3.63, 3.8) is 0 Å². The lowest BCUT2D eigenvalue weighted by Crippen LogP contribution is -2.04. The van der Waals surface area contributed by atoms with E-state index in [4.69, 9.17) is 0 Å². The van der Waals surface area contributed by atoms with Crippen molar-refractivity contribution in [2.45, 2.75) is 12.1 Å². The Morgan fingerprint density at radius 1 is 1.21 bits per heavy atom. The molecule has 0 aliphatic heterocycles. The molecule has 1 unspecified atom stereocenters. The van der Waals surface area contributed by atoms with E-state index in [1.165, 1.54) is 0 Å². The Morgan fingerprint density at radius 2 is 2.00 bits per heavy atom. The molecule has 19 heavy (non-hydrogen) atoms. The average Bonchev–Trinajstić information content (AvgIpc) is 2.77. The van der Waals surface area contributed by atoms with Gasteiger partial charge in [-0.25, -0.2) is 9.50 Å². The van der Waals surface area contributed by atoms with Gasteiger partial charge in [-0.05, 0) is 19.1 Å². The van der Waals surface area contributed by atoms with Crippen molar-refractivity contribution < 1.29 is 4.55 Å². The van der Waals surface area contributed by atoms with Crippen molar-refractivity contribution in [2.24, 2.45) is 0 Å². The lowest BCUT2D eigenvalue weighted by Gasteiger charge is -2.04. The second-order valence-electron chi connectivity index (χ2n) is 4.08. The number of hydrogen-bond acceptors (Lipinski definition) is 5. The molecule has 3 rings (SSSR count). The number of aryl methyl sites for hydroxylation is 1. The maximum atomic E-state index is 11.4. The summed E-state index contributed by atoms with van der Waals surface area (Å²) in [4.78, 5) is 12.7. The van der Waals surface area contributed by atoms with E-state index in [0.29, 0.717) is 16.5 Å². The van der Waals surface area contributed by atoms with Gasteiger partial charge in [-0.2, -0.15) is 15.1 Å². The lowest BCUT2D eigenvalue weighted by molar-refractivity contribution is 0.592. The first-order chi connectivity index (χ1) is 9.13. The highest BCUT2D eigenvalue weighted by molar-refractivity contribution is 7.90. The van der Waals surface area contributed by atoms with E-state index >= 15 is 0 Å². The number of hydrogen-bond donors (Lipinski definition) is 0. The van der Waals surface area contributed by atoms with Gasteiger partial charge in [0.25, 0.3) is 0 Å². The fourth-order valence-electron chi connectivity index (χ4n) is 1.76. The van der Waals surface area contributed by atoms with Gasteiger partial charge in [-0.15, -0.1) is 0 Å². The minimum atomic E-state index is -1.20. The van der Waals surface area contributed by atoms with Crippen LogP contribution in [0.1, 0.15) is 5.69 Å². The Balaban J connectivity index is 2.10.